The summed E-state index contributed by atoms with van der Waals surface area (Å²) in [5.74, 6) is 0.963. The molecule has 0 radical (unpaired) electrons. The Morgan fingerprint density at radius 3 is 2.83 bits per heavy atom. The molecule has 120 valence electrons. The summed E-state index contributed by atoms with van der Waals surface area (Å²) < 4.78 is 0. The summed E-state index contributed by atoms with van der Waals surface area (Å²) in [7, 11) is 0. The van der Waals surface area contributed by atoms with Crippen LogP contribution in [0.5, 0.6) is 0 Å². The van der Waals surface area contributed by atoms with Crippen molar-refractivity contribution in [3.05, 3.63) is 47.2 Å². The lowest BCUT2D eigenvalue weighted by atomic mass is 10.0. The number of piperidine rings is 1. The summed E-state index contributed by atoms with van der Waals surface area (Å²) in [5.41, 5.74) is 2.22. The van der Waals surface area contributed by atoms with Crippen molar-refractivity contribution in [2.24, 2.45) is 0 Å². The standard InChI is InChI=1S/C17H21N5O/c1-11-6-7-15(19-10-11)22-17(23)14-9-12(2)20-16(21-14)13-5-3-4-8-18-13/h6-7,9-10,13,18H,3-5,8H2,1-2H3,(H,19,22,23). The highest BCUT2D eigenvalue weighted by Crippen LogP contribution is 2.20. The van der Waals surface area contributed by atoms with E-state index in [1.165, 1.54) is 6.42 Å². The van der Waals surface area contributed by atoms with Gasteiger partial charge in [0.25, 0.3) is 5.91 Å². The number of aryl methyl sites for hydroxylation is 2. The third-order valence-corrected chi connectivity index (χ3v) is 3.88. The van der Waals surface area contributed by atoms with Crippen LogP contribution in [0.2, 0.25) is 0 Å². The lowest BCUT2D eigenvalue weighted by Crippen LogP contribution is -2.29. The first-order valence-corrected chi connectivity index (χ1v) is 7.95. The lowest BCUT2D eigenvalue weighted by Gasteiger charge is -2.22. The molecule has 1 saturated heterocycles. The molecule has 1 fully saturated rings. The summed E-state index contributed by atoms with van der Waals surface area (Å²) in [4.78, 5) is 25.6. The second-order valence-corrected chi connectivity index (χ2v) is 5.93. The third kappa shape index (κ3) is 3.90. The van der Waals surface area contributed by atoms with E-state index in [9.17, 15) is 4.79 Å². The second kappa shape index (κ2) is 6.83. The number of anilines is 1. The molecule has 0 aliphatic carbocycles. The number of nitrogens with zero attached hydrogens (tertiary/aromatic N) is 3. The summed E-state index contributed by atoms with van der Waals surface area (Å²) in [6, 6.07) is 5.53. The Morgan fingerprint density at radius 2 is 2.13 bits per heavy atom. The highest BCUT2D eigenvalue weighted by Gasteiger charge is 2.20. The fourth-order valence-corrected chi connectivity index (χ4v) is 2.66. The van der Waals surface area contributed by atoms with E-state index in [0.29, 0.717) is 17.3 Å². The minimum atomic E-state index is -0.260. The van der Waals surface area contributed by atoms with Gasteiger partial charge in [-0.05, 0) is 50.9 Å². The monoisotopic (exact) mass is 311 g/mol. The predicted molar refractivity (Wildman–Crippen MR) is 88.3 cm³/mol. The van der Waals surface area contributed by atoms with Crippen molar-refractivity contribution in [3.63, 3.8) is 0 Å². The molecule has 0 aromatic carbocycles. The molecule has 1 aliphatic rings. The highest BCUT2D eigenvalue weighted by molar-refractivity contribution is 6.02. The number of hydrogen-bond acceptors (Lipinski definition) is 5. The Kier molecular flexibility index (Phi) is 4.62. The molecule has 1 amide bonds. The molecule has 0 spiro atoms. The third-order valence-electron chi connectivity index (χ3n) is 3.88. The zero-order chi connectivity index (χ0) is 16.2. The smallest absolute Gasteiger partial charge is 0.275 e. The Labute approximate surface area is 135 Å². The van der Waals surface area contributed by atoms with Crippen molar-refractivity contribution >= 4 is 11.7 Å². The van der Waals surface area contributed by atoms with Gasteiger partial charge in [-0.3, -0.25) is 4.79 Å². The summed E-state index contributed by atoms with van der Waals surface area (Å²) in [5, 5.41) is 6.20. The van der Waals surface area contributed by atoms with Crippen molar-refractivity contribution in [2.45, 2.75) is 39.2 Å². The van der Waals surface area contributed by atoms with Gasteiger partial charge >= 0.3 is 0 Å². The van der Waals surface area contributed by atoms with Gasteiger partial charge < -0.3 is 10.6 Å². The molecule has 23 heavy (non-hydrogen) atoms. The Bertz CT molecular complexity index is 693. The van der Waals surface area contributed by atoms with E-state index in [0.717, 1.165) is 30.6 Å². The number of rotatable bonds is 3. The zero-order valence-electron chi connectivity index (χ0n) is 13.5. The van der Waals surface area contributed by atoms with E-state index in [4.69, 9.17) is 0 Å². The SMILES string of the molecule is Cc1ccc(NC(=O)c2cc(C)nc(C3CCCCN3)n2)nc1. The number of nitrogens with one attached hydrogen (secondary N) is 2. The van der Waals surface area contributed by atoms with Gasteiger partial charge in [0.1, 0.15) is 17.3 Å². The van der Waals surface area contributed by atoms with E-state index < -0.39 is 0 Å². The van der Waals surface area contributed by atoms with Crippen LogP contribution in [0.15, 0.2) is 24.4 Å². The van der Waals surface area contributed by atoms with E-state index in [2.05, 4.69) is 25.6 Å². The summed E-state index contributed by atoms with van der Waals surface area (Å²) in [6.45, 7) is 4.81. The number of amides is 1. The number of carbonyl (C=O) groups excluding carboxylic acids is 1. The van der Waals surface area contributed by atoms with Crippen LogP contribution in [0.1, 0.15) is 52.9 Å². The molecule has 2 N–H and O–H groups in total. The van der Waals surface area contributed by atoms with Gasteiger partial charge in [-0.1, -0.05) is 12.5 Å². The number of hydrogen-bond donors (Lipinski definition) is 2. The first-order chi connectivity index (χ1) is 11.1. The van der Waals surface area contributed by atoms with Gasteiger partial charge in [0.2, 0.25) is 0 Å². The van der Waals surface area contributed by atoms with E-state index >= 15 is 0 Å². The van der Waals surface area contributed by atoms with Crippen LogP contribution >= 0.6 is 0 Å². The molecule has 3 heterocycles. The minimum Gasteiger partial charge on any atom is -0.307 e. The van der Waals surface area contributed by atoms with Crippen LogP contribution in [-0.4, -0.2) is 27.4 Å². The summed E-state index contributed by atoms with van der Waals surface area (Å²) >= 11 is 0. The zero-order valence-corrected chi connectivity index (χ0v) is 13.5. The predicted octanol–water partition coefficient (Wildman–Crippen LogP) is 2.56. The van der Waals surface area contributed by atoms with Crippen molar-refractivity contribution in [2.75, 3.05) is 11.9 Å². The van der Waals surface area contributed by atoms with E-state index in [1.807, 2.05) is 19.9 Å². The molecule has 2 aromatic heterocycles. The van der Waals surface area contributed by atoms with E-state index in [1.54, 1.807) is 18.3 Å². The van der Waals surface area contributed by atoms with Gasteiger partial charge in [0.05, 0.1) is 6.04 Å². The Balaban J connectivity index is 1.79. The van der Waals surface area contributed by atoms with Crippen LogP contribution in [0.3, 0.4) is 0 Å². The fraction of sp³-hybridized carbons (Fsp3) is 0.412. The largest absolute Gasteiger partial charge is 0.307 e. The van der Waals surface area contributed by atoms with Crippen LogP contribution in [0.25, 0.3) is 0 Å². The molecule has 6 nitrogen and oxygen atoms in total. The molecule has 0 bridgehead atoms. The van der Waals surface area contributed by atoms with Gasteiger partial charge in [-0.15, -0.1) is 0 Å². The number of carbonyl (C=O) groups is 1. The number of aromatic nitrogens is 3. The molecule has 0 saturated carbocycles. The molecular weight excluding hydrogens is 290 g/mol. The van der Waals surface area contributed by atoms with Crippen molar-refractivity contribution in [1.29, 1.82) is 0 Å². The molecule has 1 aliphatic heterocycles. The summed E-state index contributed by atoms with van der Waals surface area (Å²) in [6.07, 6.45) is 5.06. The van der Waals surface area contributed by atoms with Crippen LogP contribution < -0.4 is 10.6 Å². The van der Waals surface area contributed by atoms with Gasteiger partial charge in [-0.25, -0.2) is 15.0 Å². The van der Waals surface area contributed by atoms with Gasteiger partial charge in [0.15, 0.2) is 0 Å². The Morgan fingerprint density at radius 1 is 1.26 bits per heavy atom. The maximum absolute atomic E-state index is 12.4. The molecular formula is C17H21N5O. The quantitative estimate of drug-likeness (QED) is 0.910. The molecule has 3 rings (SSSR count). The number of pyridine rings is 1. The Hall–Kier alpha value is -2.34. The molecule has 6 heteroatoms. The molecule has 2 aromatic rings. The highest BCUT2D eigenvalue weighted by atomic mass is 16.1. The van der Waals surface area contributed by atoms with Crippen molar-refractivity contribution < 1.29 is 4.79 Å². The maximum atomic E-state index is 12.4. The average molecular weight is 311 g/mol. The van der Waals surface area contributed by atoms with Crippen molar-refractivity contribution in [1.82, 2.24) is 20.3 Å². The lowest BCUT2D eigenvalue weighted by molar-refractivity contribution is 0.102. The molecule has 1 unspecified atom stereocenters. The van der Waals surface area contributed by atoms with Crippen LogP contribution in [0, 0.1) is 13.8 Å². The average Bonchev–Trinajstić information content (AvgIpc) is 2.57. The van der Waals surface area contributed by atoms with E-state index in [-0.39, 0.29) is 11.9 Å². The van der Waals surface area contributed by atoms with Crippen molar-refractivity contribution in [3.8, 4) is 0 Å². The topological polar surface area (TPSA) is 79.8 Å². The first-order valence-electron chi connectivity index (χ1n) is 7.95. The van der Waals surface area contributed by atoms with Crippen LogP contribution in [-0.2, 0) is 0 Å². The van der Waals surface area contributed by atoms with Crippen LogP contribution in [0.4, 0.5) is 5.82 Å². The van der Waals surface area contributed by atoms with Gasteiger partial charge in [-0.2, -0.15) is 0 Å². The van der Waals surface area contributed by atoms with Gasteiger partial charge in [0, 0.05) is 11.9 Å². The minimum absolute atomic E-state index is 0.132. The second-order valence-electron chi connectivity index (χ2n) is 5.93. The molecule has 1 atom stereocenters. The maximum Gasteiger partial charge on any atom is 0.275 e. The fourth-order valence-electron chi connectivity index (χ4n) is 2.66. The normalized spacial score (nSPS) is 17.7. The first kappa shape index (κ1) is 15.6.